The molecule has 3 rings (SSSR count). The van der Waals surface area contributed by atoms with E-state index in [1.807, 2.05) is 31.2 Å². The molecule has 0 saturated heterocycles. The summed E-state index contributed by atoms with van der Waals surface area (Å²) in [6, 6.07) is 15.4. The molecule has 1 aromatic heterocycles. The number of benzene rings is 2. The van der Waals surface area contributed by atoms with Gasteiger partial charge in [0, 0.05) is 7.05 Å². The fraction of sp³-hybridized carbons (Fsp3) is 0.167. The first-order valence-corrected chi connectivity index (χ1v) is 9.23. The van der Waals surface area contributed by atoms with Gasteiger partial charge in [-0.15, -0.1) is 0 Å². The van der Waals surface area contributed by atoms with Crippen LogP contribution in [0.5, 0.6) is 0 Å². The molecule has 0 radical (unpaired) electrons. The minimum atomic E-state index is -3.83. The van der Waals surface area contributed by atoms with Crippen molar-refractivity contribution in [2.24, 2.45) is 7.05 Å². The molecule has 0 atom stereocenters. The average molecular weight is 357 g/mol. The molecule has 0 spiro atoms. The third kappa shape index (κ3) is 3.10. The Bertz CT molecular complexity index is 1060. The topological polar surface area (TPSA) is 73.1 Å². The fourth-order valence-corrected chi connectivity index (χ4v) is 3.73. The molecule has 1 heterocycles. The van der Waals surface area contributed by atoms with E-state index in [0.29, 0.717) is 11.4 Å². The van der Waals surface area contributed by atoms with Crippen molar-refractivity contribution in [2.75, 3.05) is 4.72 Å². The van der Waals surface area contributed by atoms with Crippen molar-refractivity contribution in [3.8, 4) is 5.69 Å². The number of hydrogen-bond donors (Lipinski definition) is 1. The zero-order valence-electron chi connectivity index (χ0n) is 14.2. The molecule has 7 heteroatoms. The van der Waals surface area contributed by atoms with Crippen LogP contribution in [0, 0.1) is 13.8 Å². The highest BCUT2D eigenvalue weighted by Gasteiger charge is 2.22. The first-order chi connectivity index (χ1) is 11.8. The summed E-state index contributed by atoms with van der Waals surface area (Å²) in [7, 11) is -2.11. The molecule has 2 aromatic carbocycles. The van der Waals surface area contributed by atoms with Crippen LogP contribution in [0.3, 0.4) is 0 Å². The third-order valence-electron chi connectivity index (χ3n) is 4.12. The highest BCUT2D eigenvalue weighted by Crippen LogP contribution is 2.18. The molecule has 0 fully saturated rings. The Hall–Kier alpha value is -2.80. The zero-order chi connectivity index (χ0) is 18.2. The summed E-state index contributed by atoms with van der Waals surface area (Å²) in [4.78, 5) is 12.9. The number of aromatic nitrogens is 2. The van der Waals surface area contributed by atoms with Crippen LogP contribution in [0.1, 0.15) is 11.3 Å². The lowest BCUT2D eigenvalue weighted by molar-refractivity contribution is 0.601. The van der Waals surface area contributed by atoms with Crippen molar-refractivity contribution in [3.63, 3.8) is 0 Å². The van der Waals surface area contributed by atoms with Crippen molar-refractivity contribution in [3.05, 3.63) is 76.2 Å². The summed E-state index contributed by atoms with van der Waals surface area (Å²) < 4.78 is 30.6. The lowest BCUT2D eigenvalue weighted by atomic mass is 10.2. The SMILES string of the molecule is Cc1ccc(-n2c(=O)c(NS(=O)(=O)c3ccccc3)c(C)n2C)cc1. The predicted octanol–water partition coefficient (Wildman–Crippen LogP) is 2.59. The smallest absolute Gasteiger partial charge is 0.283 e. The lowest BCUT2D eigenvalue weighted by Crippen LogP contribution is -2.23. The number of nitrogens with zero attached hydrogens (tertiary/aromatic N) is 2. The second-order valence-electron chi connectivity index (χ2n) is 5.86. The number of sulfonamides is 1. The summed E-state index contributed by atoms with van der Waals surface area (Å²) in [6.07, 6.45) is 0. The maximum Gasteiger partial charge on any atom is 0.296 e. The molecule has 0 aliphatic carbocycles. The van der Waals surface area contributed by atoms with Crippen LogP contribution in [0.4, 0.5) is 5.69 Å². The van der Waals surface area contributed by atoms with Crippen LogP contribution in [-0.2, 0) is 17.1 Å². The quantitative estimate of drug-likeness (QED) is 0.780. The molecule has 1 N–H and O–H groups in total. The van der Waals surface area contributed by atoms with Crippen molar-refractivity contribution in [1.29, 1.82) is 0 Å². The van der Waals surface area contributed by atoms with Gasteiger partial charge in [-0.25, -0.2) is 13.1 Å². The van der Waals surface area contributed by atoms with Gasteiger partial charge < -0.3 is 0 Å². The normalized spacial score (nSPS) is 11.5. The number of hydrogen-bond acceptors (Lipinski definition) is 3. The second kappa shape index (κ2) is 6.25. The lowest BCUT2D eigenvalue weighted by Gasteiger charge is -2.08. The van der Waals surface area contributed by atoms with Crippen molar-refractivity contribution < 1.29 is 8.42 Å². The van der Waals surface area contributed by atoms with Crippen LogP contribution in [0.15, 0.2) is 64.3 Å². The van der Waals surface area contributed by atoms with E-state index in [9.17, 15) is 13.2 Å². The monoisotopic (exact) mass is 357 g/mol. The molecule has 0 amide bonds. The van der Waals surface area contributed by atoms with Crippen LogP contribution < -0.4 is 10.3 Å². The summed E-state index contributed by atoms with van der Waals surface area (Å²) in [5, 5.41) is 0. The van der Waals surface area contributed by atoms with E-state index in [-0.39, 0.29) is 10.6 Å². The highest BCUT2D eigenvalue weighted by atomic mass is 32.2. The molecule has 0 bridgehead atoms. The van der Waals surface area contributed by atoms with Gasteiger partial charge >= 0.3 is 0 Å². The molecule has 3 aromatic rings. The Labute approximate surface area is 146 Å². The number of nitrogens with one attached hydrogen (secondary N) is 1. The fourth-order valence-electron chi connectivity index (χ4n) is 2.60. The van der Waals surface area contributed by atoms with E-state index in [1.54, 1.807) is 36.9 Å². The van der Waals surface area contributed by atoms with Gasteiger partial charge in [0.2, 0.25) is 0 Å². The summed E-state index contributed by atoms with van der Waals surface area (Å²) in [5.74, 6) is 0. The van der Waals surface area contributed by atoms with Crippen molar-refractivity contribution >= 4 is 15.7 Å². The van der Waals surface area contributed by atoms with Crippen LogP contribution in [0.2, 0.25) is 0 Å². The molecule has 0 unspecified atom stereocenters. The van der Waals surface area contributed by atoms with Gasteiger partial charge in [0.1, 0.15) is 5.69 Å². The molecule has 0 saturated carbocycles. The molecular formula is C18H19N3O3S. The summed E-state index contributed by atoms with van der Waals surface area (Å²) in [6.45, 7) is 3.66. The van der Waals surface area contributed by atoms with E-state index in [0.717, 1.165) is 5.56 Å². The van der Waals surface area contributed by atoms with Gasteiger partial charge in [-0.3, -0.25) is 14.2 Å². The van der Waals surface area contributed by atoms with Gasteiger partial charge in [-0.2, -0.15) is 0 Å². The maximum absolute atomic E-state index is 12.8. The third-order valence-corrected chi connectivity index (χ3v) is 5.49. The molecular weight excluding hydrogens is 338 g/mol. The van der Waals surface area contributed by atoms with Gasteiger partial charge in [-0.1, -0.05) is 35.9 Å². The maximum atomic E-state index is 12.8. The van der Waals surface area contributed by atoms with E-state index < -0.39 is 15.6 Å². The first-order valence-electron chi connectivity index (χ1n) is 7.75. The van der Waals surface area contributed by atoms with Gasteiger partial charge in [0.05, 0.1) is 16.3 Å². The van der Waals surface area contributed by atoms with E-state index in [4.69, 9.17) is 0 Å². The van der Waals surface area contributed by atoms with Crippen LogP contribution in [0.25, 0.3) is 5.69 Å². The number of anilines is 1. The van der Waals surface area contributed by atoms with Crippen LogP contribution in [-0.4, -0.2) is 17.8 Å². The van der Waals surface area contributed by atoms with Gasteiger partial charge in [0.15, 0.2) is 0 Å². The Morgan fingerprint density at radius 1 is 0.920 bits per heavy atom. The number of aryl methyl sites for hydroxylation is 1. The van der Waals surface area contributed by atoms with Gasteiger partial charge in [0.25, 0.3) is 15.6 Å². The second-order valence-corrected chi connectivity index (χ2v) is 7.54. The largest absolute Gasteiger partial charge is 0.296 e. The molecule has 0 aliphatic rings. The first kappa shape index (κ1) is 17.0. The minimum absolute atomic E-state index is 0.0481. The number of rotatable bonds is 4. The Morgan fingerprint density at radius 3 is 2.12 bits per heavy atom. The summed E-state index contributed by atoms with van der Waals surface area (Å²) in [5.41, 5.74) is 1.92. The van der Waals surface area contributed by atoms with E-state index >= 15 is 0 Å². The van der Waals surface area contributed by atoms with Crippen LogP contribution >= 0.6 is 0 Å². The Kier molecular flexibility index (Phi) is 4.26. The highest BCUT2D eigenvalue weighted by molar-refractivity contribution is 7.92. The molecule has 6 nitrogen and oxygen atoms in total. The van der Waals surface area contributed by atoms with E-state index in [1.165, 1.54) is 16.8 Å². The Morgan fingerprint density at radius 2 is 1.52 bits per heavy atom. The van der Waals surface area contributed by atoms with Gasteiger partial charge in [-0.05, 0) is 38.1 Å². The average Bonchev–Trinajstić information content (AvgIpc) is 2.80. The Balaban J connectivity index is 2.09. The molecule has 130 valence electrons. The standard InChI is InChI=1S/C18H19N3O3S/c1-13-9-11-15(12-10-13)21-18(22)17(14(2)20(21)3)19-25(23,24)16-7-5-4-6-8-16/h4-12,19H,1-3H3. The molecule has 25 heavy (non-hydrogen) atoms. The molecule has 0 aliphatic heterocycles. The van der Waals surface area contributed by atoms with Crippen molar-refractivity contribution in [1.82, 2.24) is 9.36 Å². The zero-order valence-corrected chi connectivity index (χ0v) is 15.0. The minimum Gasteiger partial charge on any atom is -0.283 e. The van der Waals surface area contributed by atoms with E-state index in [2.05, 4.69) is 4.72 Å². The van der Waals surface area contributed by atoms with Crippen molar-refractivity contribution in [2.45, 2.75) is 18.7 Å². The predicted molar refractivity (Wildman–Crippen MR) is 97.7 cm³/mol. The summed E-state index contributed by atoms with van der Waals surface area (Å²) >= 11 is 0.